The lowest BCUT2D eigenvalue weighted by molar-refractivity contribution is -0.0888. The van der Waals surface area contributed by atoms with Crippen molar-refractivity contribution in [3.8, 4) is 5.75 Å². The Balaban J connectivity index is 1.59. The Kier molecular flexibility index (Phi) is 3.40. The number of hydrogen-bond acceptors (Lipinski definition) is 4. The van der Waals surface area contributed by atoms with E-state index in [1.807, 2.05) is 12.1 Å². The van der Waals surface area contributed by atoms with Gasteiger partial charge in [-0.3, -0.25) is 4.90 Å². The van der Waals surface area contributed by atoms with Crippen LogP contribution in [0.25, 0.3) is 0 Å². The molecule has 0 amide bonds. The van der Waals surface area contributed by atoms with Gasteiger partial charge >= 0.3 is 0 Å². The van der Waals surface area contributed by atoms with E-state index < -0.39 is 6.10 Å². The van der Waals surface area contributed by atoms with Crippen LogP contribution in [0.2, 0.25) is 0 Å². The molecule has 1 saturated carbocycles. The first kappa shape index (κ1) is 13.6. The van der Waals surface area contributed by atoms with Crippen molar-refractivity contribution in [2.45, 2.75) is 50.0 Å². The Morgan fingerprint density at radius 2 is 2.19 bits per heavy atom. The number of methoxy groups -OCH3 is 1. The Hall–Kier alpha value is -1.10. The third-order valence-electron chi connectivity index (χ3n) is 5.42. The van der Waals surface area contributed by atoms with Crippen LogP contribution in [-0.2, 0) is 11.2 Å². The molecule has 1 aromatic carbocycles. The van der Waals surface area contributed by atoms with E-state index >= 15 is 0 Å². The minimum absolute atomic E-state index is 0.196. The molecule has 4 heteroatoms. The standard InChI is InChI=1S/C17H23NO3/c1-20-12-6-5-11-9-15(17(19)13(11)10-12)18-7-8-21-16-4-2-3-14(16)18/h5-6,10,14-17,19H,2-4,7-9H2,1H3. The predicted octanol–water partition coefficient (Wildman–Crippen LogP) is 1.91. The molecule has 0 spiro atoms. The van der Waals surface area contributed by atoms with E-state index in [2.05, 4.69) is 11.0 Å². The first-order chi connectivity index (χ1) is 10.3. The van der Waals surface area contributed by atoms with Gasteiger partial charge in [-0.25, -0.2) is 0 Å². The highest BCUT2D eigenvalue weighted by atomic mass is 16.5. The molecule has 2 aliphatic carbocycles. The van der Waals surface area contributed by atoms with E-state index in [0.717, 1.165) is 30.9 Å². The maximum Gasteiger partial charge on any atom is 0.119 e. The van der Waals surface area contributed by atoms with Crippen molar-refractivity contribution >= 4 is 0 Å². The number of hydrogen-bond donors (Lipinski definition) is 1. The maximum absolute atomic E-state index is 10.8. The topological polar surface area (TPSA) is 41.9 Å². The van der Waals surface area contributed by atoms with Crippen molar-refractivity contribution in [3.05, 3.63) is 29.3 Å². The average molecular weight is 289 g/mol. The molecule has 4 unspecified atom stereocenters. The molecule has 3 aliphatic rings. The Bertz CT molecular complexity index is 533. The fraction of sp³-hybridized carbons (Fsp3) is 0.647. The first-order valence-electron chi connectivity index (χ1n) is 8.00. The van der Waals surface area contributed by atoms with Gasteiger partial charge in [0.2, 0.25) is 0 Å². The Morgan fingerprint density at radius 1 is 1.29 bits per heavy atom. The number of ether oxygens (including phenoxy) is 2. The van der Waals surface area contributed by atoms with Crippen LogP contribution in [0.3, 0.4) is 0 Å². The van der Waals surface area contributed by atoms with Gasteiger partial charge in [0.05, 0.1) is 25.9 Å². The Labute approximate surface area is 125 Å². The Morgan fingerprint density at radius 3 is 3.05 bits per heavy atom. The van der Waals surface area contributed by atoms with Crippen LogP contribution >= 0.6 is 0 Å². The number of aliphatic hydroxyl groups is 1. The van der Waals surface area contributed by atoms with E-state index in [-0.39, 0.29) is 6.04 Å². The average Bonchev–Trinajstić information content (AvgIpc) is 3.11. The molecule has 21 heavy (non-hydrogen) atoms. The van der Waals surface area contributed by atoms with Gasteiger partial charge in [-0.1, -0.05) is 6.07 Å². The molecule has 0 bridgehead atoms. The summed E-state index contributed by atoms with van der Waals surface area (Å²) in [6.07, 6.45) is 4.52. The summed E-state index contributed by atoms with van der Waals surface area (Å²) in [4.78, 5) is 2.51. The summed E-state index contributed by atoms with van der Waals surface area (Å²) in [5.41, 5.74) is 2.30. The minimum Gasteiger partial charge on any atom is -0.497 e. The molecule has 0 aromatic heterocycles. The number of rotatable bonds is 2. The first-order valence-corrected chi connectivity index (χ1v) is 8.00. The second-order valence-corrected chi connectivity index (χ2v) is 6.43. The van der Waals surface area contributed by atoms with E-state index in [0.29, 0.717) is 12.1 Å². The molecule has 1 heterocycles. The van der Waals surface area contributed by atoms with Crippen LogP contribution in [-0.4, -0.2) is 48.5 Å². The SMILES string of the molecule is COc1ccc2c(c1)C(O)C(N1CCOC3CCCC31)C2. The summed E-state index contributed by atoms with van der Waals surface area (Å²) in [6.45, 7) is 1.73. The predicted molar refractivity (Wildman–Crippen MR) is 79.5 cm³/mol. The van der Waals surface area contributed by atoms with Crippen LogP contribution in [0.4, 0.5) is 0 Å². The highest BCUT2D eigenvalue weighted by molar-refractivity contribution is 5.42. The maximum atomic E-state index is 10.8. The van der Waals surface area contributed by atoms with Gasteiger partial charge in [0.1, 0.15) is 5.75 Å². The smallest absolute Gasteiger partial charge is 0.119 e. The lowest BCUT2D eigenvalue weighted by Gasteiger charge is -2.42. The fourth-order valence-corrected chi connectivity index (χ4v) is 4.37. The van der Waals surface area contributed by atoms with Crippen molar-refractivity contribution < 1.29 is 14.6 Å². The molecule has 1 aliphatic heterocycles. The summed E-state index contributed by atoms with van der Waals surface area (Å²) >= 11 is 0. The molecule has 1 N–H and O–H groups in total. The van der Waals surface area contributed by atoms with Crippen molar-refractivity contribution in [3.63, 3.8) is 0 Å². The van der Waals surface area contributed by atoms with Crippen molar-refractivity contribution in [2.75, 3.05) is 20.3 Å². The van der Waals surface area contributed by atoms with Gasteiger partial charge in [-0.2, -0.15) is 0 Å². The van der Waals surface area contributed by atoms with Crippen LogP contribution in [0.5, 0.6) is 5.75 Å². The highest BCUT2D eigenvalue weighted by Crippen LogP contribution is 2.40. The van der Waals surface area contributed by atoms with E-state index in [4.69, 9.17) is 9.47 Å². The summed E-state index contributed by atoms with van der Waals surface area (Å²) in [5.74, 6) is 0.828. The third kappa shape index (κ3) is 2.17. The number of morpholine rings is 1. The van der Waals surface area contributed by atoms with E-state index in [1.54, 1.807) is 7.11 Å². The summed E-state index contributed by atoms with van der Waals surface area (Å²) < 4.78 is 11.2. The molecule has 1 aromatic rings. The zero-order valence-electron chi connectivity index (χ0n) is 12.5. The van der Waals surface area contributed by atoms with Crippen LogP contribution in [0, 0.1) is 0 Å². The largest absolute Gasteiger partial charge is 0.497 e. The molecule has 2 fully saturated rings. The normalized spacial score (nSPS) is 35.5. The lowest BCUT2D eigenvalue weighted by atomic mass is 10.0. The summed E-state index contributed by atoms with van der Waals surface area (Å²) in [6, 6.07) is 6.78. The van der Waals surface area contributed by atoms with Gasteiger partial charge in [0, 0.05) is 18.6 Å². The minimum atomic E-state index is -0.408. The van der Waals surface area contributed by atoms with Crippen molar-refractivity contribution in [1.29, 1.82) is 0 Å². The quantitative estimate of drug-likeness (QED) is 0.903. The monoisotopic (exact) mass is 289 g/mol. The van der Waals surface area contributed by atoms with Crippen LogP contribution in [0.15, 0.2) is 18.2 Å². The van der Waals surface area contributed by atoms with Crippen LogP contribution in [0.1, 0.15) is 36.5 Å². The van der Waals surface area contributed by atoms with Gasteiger partial charge in [0.15, 0.2) is 0 Å². The number of fused-ring (bicyclic) bond motifs is 2. The molecule has 4 rings (SSSR count). The molecule has 4 nitrogen and oxygen atoms in total. The molecule has 114 valence electrons. The second kappa shape index (κ2) is 5.27. The van der Waals surface area contributed by atoms with E-state index in [9.17, 15) is 5.11 Å². The molecular formula is C17H23NO3. The summed E-state index contributed by atoms with van der Waals surface area (Å²) in [7, 11) is 1.67. The summed E-state index contributed by atoms with van der Waals surface area (Å²) in [5, 5.41) is 10.8. The lowest BCUT2D eigenvalue weighted by Crippen LogP contribution is -2.54. The van der Waals surface area contributed by atoms with Gasteiger partial charge in [-0.05, 0) is 48.9 Å². The van der Waals surface area contributed by atoms with Gasteiger partial charge in [-0.15, -0.1) is 0 Å². The fourth-order valence-electron chi connectivity index (χ4n) is 4.37. The number of aliphatic hydroxyl groups excluding tert-OH is 1. The molecular weight excluding hydrogens is 266 g/mol. The van der Waals surface area contributed by atoms with Gasteiger partial charge < -0.3 is 14.6 Å². The van der Waals surface area contributed by atoms with Crippen molar-refractivity contribution in [1.82, 2.24) is 4.90 Å². The van der Waals surface area contributed by atoms with Gasteiger partial charge in [0.25, 0.3) is 0 Å². The second-order valence-electron chi connectivity index (χ2n) is 6.43. The van der Waals surface area contributed by atoms with Crippen LogP contribution < -0.4 is 4.74 Å². The third-order valence-corrected chi connectivity index (χ3v) is 5.42. The molecule has 1 saturated heterocycles. The highest BCUT2D eigenvalue weighted by Gasteiger charge is 2.44. The van der Waals surface area contributed by atoms with E-state index in [1.165, 1.54) is 24.8 Å². The zero-order valence-corrected chi connectivity index (χ0v) is 12.5. The zero-order chi connectivity index (χ0) is 14.4. The molecule has 0 radical (unpaired) electrons. The number of nitrogens with zero attached hydrogens (tertiary/aromatic N) is 1. The number of benzene rings is 1. The van der Waals surface area contributed by atoms with Crippen molar-refractivity contribution in [2.24, 2.45) is 0 Å². The molecule has 4 atom stereocenters.